The zero-order valence-corrected chi connectivity index (χ0v) is 24.8. The van der Waals surface area contributed by atoms with Gasteiger partial charge in [-0.25, -0.2) is 13.4 Å². The molecule has 11 nitrogen and oxygen atoms in total. The Morgan fingerprint density at radius 2 is 1.93 bits per heavy atom. The molecule has 40 heavy (non-hydrogen) atoms. The molecule has 0 aliphatic carbocycles. The van der Waals surface area contributed by atoms with Gasteiger partial charge in [0.25, 0.3) is 0 Å². The van der Waals surface area contributed by atoms with E-state index in [0.717, 1.165) is 43.6 Å². The van der Waals surface area contributed by atoms with Crippen molar-refractivity contribution in [1.29, 1.82) is 5.26 Å². The molecule has 0 saturated carbocycles. The van der Waals surface area contributed by atoms with Crippen LogP contribution in [0, 0.1) is 18.3 Å². The molecular formula is C28H38N8O3S. The molecule has 0 amide bonds. The summed E-state index contributed by atoms with van der Waals surface area (Å²) in [5.41, 5.74) is 3.55. The number of rotatable bonds is 10. The van der Waals surface area contributed by atoms with E-state index in [2.05, 4.69) is 63.1 Å². The maximum Gasteiger partial charge on any atom is 0.229 e. The average molecular weight is 567 g/mol. The summed E-state index contributed by atoms with van der Waals surface area (Å²) in [6, 6.07) is 6.25. The fraction of sp³-hybridized carbons (Fsp3) is 0.500. The molecule has 1 aliphatic rings. The lowest BCUT2D eigenvalue weighted by Crippen LogP contribution is -2.27. The Morgan fingerprint density at radius 3 is 2.58 bits per heavy atom. The molecule has 2 aromatic heterocycles. The molecule has 1 unspecified atom stereocenters. The molecule has 1 atom stereocenters. The molecule has 1 aliphatic heterocycles. The quantitative estimate of drug-likeness (QED) is 0.315. The molecule has 12 heteroatoms. The molecule has 3 heterocycles. The lowest BCUT2D eigenvalue weighted by molar-refractivity contribution is 0.218. The van der Waals surface area contributed by atoms with Gasteiger partial charge in [0.2, 0.25) is 20.8 Å². The van der Waals surface area contributed by atoms with Crippen molar-refractivity contribution in [2.75, 3.05) is 23.7 Å². The van der Waals surface area contributed by atoms with E-state index in [1.54, 1.807) is 27.1 Å². The molecular weight excluding hydrogens is 528 g/mol. The van der Waals surface area contributed by atoms with E-state index < -0.39 is 15.1 Å². The molecule has 3 aromatic rings. The van der Waals surface area contributed by atoms with E-state index in [1.165, 1.54) is 16.4 Å². The van der Waals surface area contributed by atoms with Crippen LogP contribution in [0.3, 0.4) is 0 Å². The Hall–Kier alpha value is -3.69. The number of anilines is 4. The van der Waals surface area contributed by atoms with Crippen LogP contribution >= 0.6 is 0 Å². The zero-order valence-electron chi connectivity index (χ0n) is 23.9. The largest absolute Gasteiger partial charge is 0.489 e. The number of benzene rings is 1. The van der Waals surface area contributed by atoms with Crippen LogP contribution in [0.25, 0.3) is 0 Å². The van der Waals surface area contributed by atoms with Gasteiger partial charge < -0.3 is 20.7 Å². The minimum atomic E-state index is -3.68. The van der Waals surface area contributed by atoms with Gasteiger partial charge in [0.1, 0.15) is 17.4 Å². The molecule has 1 aromatic carbocycles. The summed E-state index contributed by atoms with van der Waals surface area (Å²) in [6.45, 7) is 11.4. The molecule has 1 saturated heterocycles. The Morgan fingerprint density at radius 1 is 1.20 bits per heavy atom. The summed E-state index contributed by atoms with van der Waals surface area (Å²) in [5.74, 6) is 1.59. The highest BCUT2D eigenvalue weighted by Gasteiger charge is 2.27. The topological polar surface area (TPSA) is 147 Å². The van der Waals surface area contributed by atoms with E-state index in [1.807, 2.05) is 6.92 Å². The lowest BCUT2D eigenvalue weighted by Gasteiger charge is -2.26. The van der Waals surface area contributed by atoms with Crippen LogP contribution in [0.15, 0.2) is 29.6 Å². The molecule has 0 spiro atoms. The van der Waals surface area contributed by atoms with Crippen molar-refractivity contribution in [3.63, 3.8) is 0 Å². The predicted molar refractivity (Wildman–Crippen MR) is 155 cm³/mol. The Balaban J connectivity index is 1.70. The first kappa shape index (κ1) is 29.3. The highest BCUT2D eigenvalue weighted by molar-refractivity contribution is 7.92. The second-order valence-electron chi connectivity index (χ2n) is 10.5. The number of aryl methyl sites for hydroxylation is 2. The Labute approximate surface area is 236 Å². The second kappa shape index (κ2) is 12.2. The number of nitrogens with zero attached hydrogens (tertiary/aromatic N) is 5. The van der Waals surface area contributed by atoms with Gasteiger partial charge >= 0.3 is 0 Å². The van der Waals surface area contributed by atoms with Crippen LogP contribution in [0.4, 0.5) is 23.1 Å². The highest BCUT2D eigenvalue weighted by Crippen LogP contribution is 2.37. The number of sulfone groups is 1. The fourth-order valence-corrected chi connectivity index (χ4v) is 5.73. The number of hydrogen-bond acceptors (Lipinski definition) is 10. The van der Waals surface area contributed by atoms with Gasteiger partial charge in [-0.2, -0.15) is 15.3 Å². The van der Waals surface area contributed by atoms with E-state index >= 15 is 0 Å². The van der Waals surface area contributed by atoms with Crippen LogP contribution in [0.5, 0.6) is 5.75 Å². The summed E-state index contributed by atoms with van der Waals surface area (Å²) in [5, 5.41) is 22.8. The average Bonchev–Trinajstić information content (AvgIpc) is 3.31. The first-order valence-electron chi connectivity index (χ1n) is 13.6. The summed E-state index contributed by atoms with van der Waals surface area (Å²) >= 11 is 0. The minimum Gasteiger partial charge on any atom is -0.489 e. The van der Waals surface area contributed by atoms with E-state index in [4.69, 9.17) is 4.74 Å². The standard InChI is InChI=1S/C28H38N8O3S/c1-7-19(5)39-25-13-22(20-8-10-30-11-9-20)18(4)12-23(25)33-28-31-15-21(14-29)26(34-28)32-24-16-36(6)35-27(24)40(37,38)17(2)3/h12-13,15-17,19-20,30H,7-11H2,1-6H3,(H2,31,32,33,34). The van der Waals surface area contributed by atoms with Crippen molar-refractivity contribution in [1.82, 2.24) is 25.1 Å². The number of piperidine rings is 1. The molecule has 4 rings (SSSR count). The monoisotopic (exact) mass is 566 g/mol. The molecule has 0 radical (unpaired) electrons. The van der Waals surface area contributed by atoms with Crippen molar-refractivity contribution in [2.24, 2.45) is 7.05 Å². The van der Waals surface area contributed by atoms with Crippen LogP contribution in [-0.2, 0) is 16.9 Å². The number of hydrogen-bond donors (Lipinski definition) is 3. The number of aromatic nitrogens is 4. The number of nitriles is 1. The molecule has 3 N–H and O–H groups in total. The Kier molecular flexibility index (Phi) is 8.95. The minimum absolute atomic E-state index is 0.00940. The first-order valence-corrected chi connectivity index (χ1v) is 15.2. The summed E-state index contributed by atoms with van der Waals surface area (Å²) in [4.78, 5) is 8.89. The van der Waals surface area contributed by atoms with Gasteiger partial charge in [-0.3, -0.25) is 4.68 Å². The van der Waals surface area contributed by atoms with Crippen LogP contribution in [0.2, 0.25) is 0 Å². The van der Waals surface area contributed by atoms with Crippen molar-refractivity contribution in [3.05, 3.63) is 41.2 Å². The normalized spacial score (nSPS) is 15.1. The number of nitrogens with one attached hydrogen (secondary N) is 3. The van der Waals surface area contributed by atoms with Gasteiger partial charge in [0, 0.05) is 13.2 Å². The van der Waals surface area contributed by atoms with Crippen molar-refractivity contribution in [2.45, 2.75) is 76.2 Å². The molecule has 214 valence electrons. The van der Waals surface area contributed by atoms with Gasteiger partial charge in [-0.1, -0.05) is 6.92 Å². The van der Waals surface area contributed by atoms with Gasteiger partial charge in [-0.15, -0.1) is 0 Å². The smallest absolute Gasteiger partial charge is 0.229 e. The SMILES string of the molecule is CCC(C)Oc1cc(C2CCNCC2)c(C)cc1Nc1ncc(C#N)c(Nc2cn(C)nc2S(=O)(=O)C(C)C)n1. The van der Waals surface area contributed by atoms with Crippen LogP contribution < -0.4 is 20.7 Å². The third kappa shape index (κ3) is 6.37. The Bertz CT molecular complexity index is 1500. The fourth-order valence-electron chi connectivity index (χ4n) is 4.63. The van der Waals surface area contributed by atoms with Crippen molar-refractivity contribution >= 4 is 33.0 Å². The van der Waals surface area contributed by atoms with Gasteiger partial charge in [-0.05, 0) is 89.2 Å². The van der Waals surface area contributed by atoms with Crippen molar-refractivity contribution < 1.29 is 13.2 Å². The second-order valence-corrected chi connectivity index (χ2v) is 12.9. The maximum atomic E-state index is 12.9. The van der Waals surface area contributed by atoms with E-state index in [9.17, 15) is 13.7 Å². The van der Waals surface area contributed by atoms with E-state index in [0.29, 0.717) is 11.7 Å². The van der Waals surface area contributed by atoms with Crippen LogP contribution in [0.1, 0.15) is 69.6 Å². The first-order chi connectivity index (χ1) is 19.0. The molecule has 1 fully saturated rings. The van der Waals surface area contributed by atoms with E-state index in [-0.39, 0.29) is 34.1 Å². The maximum absolute atomic E-state index is 12.9. The molecule has 0 bridgehead atoms. The third-order valence-corrected chi connectivity index (χ3v) is 9.23. The van der Waals surface area contributed by atoms with Gasteiger partial charge in [0.15, 0.2) is 5.82 Å². The third-order valence-electron chi connectivity index (χ3n) is 7.14. The lowest BCUT2D eigenvalue weighted by atomic mass is 9.87. The summed E-state index contributed by atoms with van der Waals surface area (Å²) in [6.07, 6.45) is 5.96. The predicted octanol–water partition coefficient (Wildman–Crippen LogP) is 4.70. The zero-order chi connectivity index (χ0) is 29.0. The van der Waals surface area contributed by atoms with Crippen molar-refractivity contribution in [3.8, 4) is 11.8 Å². The number of ether oxygens (including phenoxy) is 1. The highest BCUT2D eigenvalue weighted by atomic mass is 32.2. The van der Waals surface area contributed by atoms with Crippen LogP contribution in [-0.4, -0.2) is 52.6 Å². The van der Waals surface area contributed by atoms with Gasteiger partial charge in [0.05, 0.1) is 28.9 Å². The summed E-state index contributed by atoms with van der Waals surface area (Å²) < 4.78 is 33.5. The summed E-state index contributed by atoms with van der Waals surface area (Å²) in [7, 11) is -2.04.